The first-order chi connectivity index (χ1) is 12.7. The Hall–Kier alpha value is -1.40. The summed E-state index contributed by atoms with van der Waals surface area (Å²) in [5, 5.41) is 3.47. The Morgan fingerprint density at radius 3 is 2.96 bits per heavy atom. The zero-order valence-corrected chi connectivity index (χ0v) is 16.0. The molecule has 2 heterocycles. The molecule has 1 saturated heterocycles. The molecule has 3 N–H and O–H groups in total. The number of aromatic nitrogens is 2. The molecule has 0 radical (unpaired) electrons. The van der Waals surface area contributed by atoms with Crippen LogP contribution in [0.3, 0.4) is 0 Å². The van der Waals surface area contributed by atoms with Crippen molar-refractivity contribution in [3.8, 4) is 0 Å². The number of imidazole rings is 1. The van der Waals surface area contributed by atoms with Crippen LogP contribution in [0, 0.1) is 17.3 Å². The minimum Gasteiger partial charge on any atom is -0.334 e. The third-order valence-electron chi connectivity index (χ3n) is 7.14. The Morgan fingerprint density at radius 2 is 2.23 bits per heavy atom. The lowest BCUT2D eigenvalue weighted by atomic mass is 9.91. The zero-order valence-electron chi connectivity index (χ0n) is 16.0. The lowest BCUT2D eigenvalue weighted by Crippen LogP contribution is -2.43. The summed E-state index contributed by atoms with van der Waals surface area (Å²) in [4.78, 5) is 20.3. The highest BCUT2D eigenvalue weighted by atomic mass is 16.2. The van der Waals surface area contributed by atoms with Crippen LogP contribution >= 0.6 is 0 Å². The van der Waals surface area contributed by atoms with E-state index in [1.165, 1.54) is 12.8 Å². The van der Waals surface area contributed by atoms with Crippen molar-refractivity contribution in [1.82, 2.24) is 19.8 Å². The van der Waals surface area contributed by atoms with E-state index in [1.54, 1.807) is 0 Å². The Labute approximate surface area is 156 Å². The number of nitrogens with zero attached hydrogens (tertiary/aromatic N) is 3. The Balaban J connectivity index is 1.56. The topological polar surface area (TPSA) is 76.2 Å². The zero-order chi connectivity index (χ0) is 18.1. The van der Waals surface area contributed by atoms with E-state index in [0.717, 1.165) is 51.1 Å². The summed E-state index contributed by atoms with van der Waals surface area (Å²) >= 11 is 0. The van der Waals surface area contributed by atoms with E-state index < -0.39 is 0 Å². The second-order valence-electron chi connectivity index (χ2n) is 8.46. The van der Waals surface area contributed by atoms with E-state index in [2.05, 4.69) is 26.7 Å². The normalized spacial score (nSPS) is 29.8. The van der Waals surface area contributed by atoms with E-state index >= 15 is 0 Å². The lowest BCUT2D eigenvalue weighted by Gasteiger charge is -2.32. The van der Waals surface area contributed by atoms with Gasteiger partial charge in [0.05, 0.1) is 6.54 Å². The van der Waals surface area contributed by atoms with Crippen molar-refractivity contribution in [2.75, 3.05) is 19.6 Å². The number of carbonyl (C=O) groups is 1. The number of nitrogens with one attached hydrogen (secondary N) is 1. The van der Waals surface area contributed by atoms with Gasteiger partial charge in [0.2, 0.25) is 5.91 Å². The monoisotopic (exact) mass is 359 g/mol. The van der Waals surface area contributed by atoms with Gasteiger partial charge in [0.25, 0.3) is 0 Å². The molecule has 6 heteroatoms. The average molecular weight is 360 g/mol. The fourth-order valence-corrected chi connectivity index (χ4v) is 5.36. The third kappa shape index (κ3) is 3.18. The molecule has 1 unspecified atom stereocenters. The molecule has 4 rings (SSSR count). The number of hydrogen-bond acceptors (Lipinski definition) is 4. The molecule has 0 bridgehead atoms. The fourth-order valence-electron chi connectivity index (χ4n) is 5.36. The molecular weight excluding hydrogens is 326 g/mol. The van der Waals surface area contributed by atoms with Gasteiger partial charge in [-0.25, -0.2) is 4.98 Å². The lowest BCUT2D eigenvalue weighted by molar-refractivity contribution is -0.138. The molecular formula is C20H33N5O. The van der Waals surface area contributed by atoms with Gasteiger partial charge in [0.15, 0.2) is 0 Å². The SMILES string of the molecule is CCn1ccnc1CN(C(=O)[C@@H]1CCC[C@@H]1CN)C1CC12CCNCC2. The van der Waals surface area contributed by atoms with Crippen LogP contribution in [-0.2, 0) is 17.9 Å². The van der Waals surface area contributed by atoms with Crippen LogP contribution in [0.2, 0.25) is 0 Å². The molecule has 2 aliphatic carbocycles. The second kappa shape index (κ2) is 7.31. The molecule has 1 aromatic rings. The van der Waals surface area contributed by atoms with Crippen molar-refractivity contribution >= 4 is 5.91 Å². The largest absolute Gasteiger partial charge is 0.334 e. The van der Waals surface area contributed by atoms with Crippen LogP contribution in [-0.4, -0.2) is 46.0 Å². The predicted molar refractivity (Wildman–Crippen MR) is 101 cm³/mol. The molecule has 1 aliphatic heterocycles. The number of piperidine rings is 1. The second-order valence-corrected chi connectivity index (χ2v) is 8.46. The maximum absolute atomic E-state index is 13.6. The van der Waals surface area contributed by atoms with Crippen molar-refractivity contribution in [2.24, 2.45) is 23.0 Å². The van der Waals surface area contributed by atoms with Crippen LogP contribution < -0.4 is 11.1 Å². The molecule has 1 amide bonds. The van der Waals surface area contributed by atoms with E-state index in [-0.39, 0.29) is 5.92 Å². The predicted octanol–water partition coefficient (Wildman–Crippen LogP) is 1.75. The number of amides is 1. The smallest absolute Gasteiger partial charge is 0.226 e. The molecule has 0 aromatic carbocycles. The van der Waals surface area contributed by atoms with Crippen LogP contribution in [0.4, 0.5) is 0 Å². The van der Waals surface area contributed by atoms with Crippen molar-refractivity contribution in [3.05, 3.63) is 18.2 Å². The van der Waals surface area contributed by atoms with Crippen molar-refractivity contribution < 1.29 is 4.79 Å². The summed E-state index contributed by atoms with van der Waals surface area (Å²) in [5.74, 6) is 1.83. The van der Waals surface area contributed by atoms with Gasteiger partial charge in [-0.1, -0.05) is 6.42 Å². The van der Waals surface area contributed by atoms with Gasteiger partial charge < -0.3 is 20.5 Å². The number of nitrogens with two attached hydrogens (primary N) is 1. The number of rotatable bonds is 6. The van der Waals surface area contributed by atoms with Gasteiger partial charge in [-0.2, -0.15) is 0 Å². The summed E-state index contributed by atoms with van der Waals surface area (Å²) < 4.78 is 2.16. The molecule has 3 aliphatic rings. The van der Waals surface area contributed by atoms with Crippen LogP contribution in [0.5, 0.6) is 0 Å². The highest BCUT2D eigenvalue weighted by molar-refractivity contribution is 5.80. The minimum absolute atomic E-state index is 0.115. The van der Waals surface area contributed by atoms with Crippen LogP contribution in [0.1, 0.15) is 51.3 Å². The van der Waals surface area contributed by atoms with Crippen LogP contribution in [0.15, 0.2) is 12.4 Å². The van der Waals surface area contributed by atoms with Crippen molar-refractivity contribution in [1.29, 1.82) is 0 Å². The number of hydrogen-bond donors (Lipinski definition) is 2. The number of carbonyl (C=O) groups excluding carboxylic acids is 1. The summed E-state index contributed by atoms with van der Waals surface area (Å²) in [6.07, 6.45) is 10.6. The van der Waals surface area contributed by atoms with Gasteiger partial charge in [0.1, 0.15) is 5.82 Å². The Bertz CT molecular complexity index is 636. The van der Waals surface area contributed by atoms with Crippen LogP contribution in [0.25, 0.3) is 0 Å². The van der Waals surface area contributed by atoms with Gasteiger partial charge in [0, 0.05) is 30.9 Å². The summed E-state index contributed by atoms with van der Waals surface area (Å²) in [7, 11) is 0. The summed E-state index contributed by atoms with van der Waals surface area (Å²) in [6.45, 7) is 6.46. The molecule has 3 fully saturated rings. The first kappa shape index (κ1) is 18.0. The highest BCUT2D eigenvalue weighted by Gasteiger charge is 2.58. The van der Waals surface area contributed by atoms with Crippen molar-refractivity contribution in [3.63, 3.8) is 0 Å². The molecule has 26 heavy (non-hydrogen) atoms. The Morgan fingerprint density at radius 1 is 1.42 bits per heavy atom. The molecule has 3 atom stereocenters. The Kier molecular flexibility index (Phi) is 5.06. The average Bonchev–Trinajstić information content (AvgIpc) is 3.07. The maximum atomic E-state index is 13.6. The minimum atomic E-state index is 0.115. The van der Waals surface area contributed by atoms with E-state index in [1.807, 2.05) is 12.4 Å². The fraction of sp³-hybridized carbons (Fsp3) is 0.800. The molecule has 6 nitrogen and oxygen atoms in total. The summed E-state index contributed by atoms with van der Waals surface area (Å²) in [5.41, 5.74) is 6.32. The standard InChI is InChI=1S/C20H33N5O/c1-2-24-11-10-23-18(24)14-25(17-12-20(17)6-8-22-9-7-20)19(26)16-5-3-4-15(16)13-21/h10-11,15-17,22H,2-9,12-14,21H2,1H3/t15-,16-,17?/m1/s1. The van der Waals surface area contributed by atoms with Gasteiger partial charge >= 0.3 is 0 Å². The molecule has 1 spiro atoms. The highest BCUT2D eigenvalue weighted by Crippen LogP contribution is 2.56. The first-order valence-electron chi connectivity index (χ1n) is 10.4. The molecule has 2 saturated carbocycles. The van der Waals surface area contributed by atoms with E-state index in [0.29, 0.717) is 36.4 Å². The molecule has 144 valence electrons. The summed E-state index contributed by atoms with van der Waals surface area (Å²) in [6, 6.07) is 0.387. The van der Waals surface area contributed by atoms with Gasteiger partial charge in [-0.3, -0.25) is 4.79 Å². The van der Waals surface area contributed by atoms with Gasteiger partial charge in [-0.05, 0) is 70.0 Å². The van der Waals surface area contributed by atoms with Gasteiger partial charge in [-0.15, -0.1) is 0 Å². The van der Waals surface area contributed by atoms with Crippen molar-refractivity contribution in [2.45, 2.75) is 64.6 Å². The van der Waals surface area contributed by atoms with E-state index in [9.17, 15) is 4.79 Å². The molecule has 1 aromatic heterocycles. The quantitative estimate of drug-likeness (QED) is 0.811. The van der Waals surface area contributed by atoms with E-state index in [4.69, 9.17) is 5.73 Å². The first-order valence-corrected chi connectivity index (χ1v) is 10.4. The third-order valence-corrected chi connectivity index (χ3v) is 7.14. The number of aryl methyl sites for hydroxylation is 1. The maximum Gasteiger partial charge on any atom is 0.226 e.